The summed E-state index contributed by atoms with van der Waals surface area (Å²) >= 11 is 1.59. The summed E-state index contributed by atoms with van der Waals surface area (Å²) in [6.07, 6.45) is 9.01. The Kier molecular flexibility index (Phi) is 6.51. The summed E-state index contributed by atoms with van der Waals surface area (Å²) in [6, 6.07) is 0.169. The number of carbonyl (C=O) groups excluding carboxylic acids is 2. The van der Waals surface area contributed by atoms with Crippen molar-refractivity contribution >= 4 is 33.4 Å². The molecule has 2 atom stereocenters. The van der Waals surface area contributed by atoms with Crippen LogP contribution in [0.3, 0.4) is 0 Å². The Morgan fingerprint density at radius 1 is 1.20 bits per heavy atom. The number of aromatic amines is 1. The van der Waals surface area contributed by atoms with Crippen LogP contribution in [0, 0.1) is 5.92 Å². The minimum absolute atomic E-state index is 0.0760. The number of thiophene rings is 1. The number of nitrogens with zero attached hydrogens (tertiary/aromatic N) is 1. The monoisotopic (exact) mass is 431 g/mol. The van der Waals surface area contributed by atoms with Crippen molar-refractivity contribution in [3.63, 3.8) is 0 Å². The average molecular weight is 432 g/mol. The van der Waals surface area contributed by atoms with E-state index < -0.39 is 5.97 Å². The molecule has 2 N–H and O–H groups in total. The molecule has 7 nitrogen and oxygen atoms in total. The molecule has 162 valence electrons. The van der Waals surface area contributed by atoms with E-state index in [0.717, 1.165) is 60.7 Å². The van der Waals surface area contributed by atoms with E-state index in [4.69, 9.17) is 4.74 Å². The summed E-state index contributed by atoms with van der Waals surface area (Å²) in [5.41, 5.74) is 1.03. The fourth-order valence-electron chi connectivity index (χ4n) is 4.54. The molecule has 2 aliphatic carbocycles. The van der Waals surface area contributed by atoms with E-state index >= 15 is 0 Å². The number of nitrogens with one attached hydrogen (secondary N) is 2. The Balaban J connectivity index is 1.29. The zero-order chi connectivity index (χ0) is 21.1. The third-order valence-electron chi connectivity index (χ3n) is 6.26. The second-order valence-corrected chi connectivity index (χ2v) is 9.58. The van der Waals surface area contributed by atoms with Crippen molar-refractivity contribution in [2.24, 2.45) is 5.92 Å². The first-order chi connectivity index (χ1) is 14.5. The number of ether oxygens (including phenoxy) is 1. The largest absolute Gasteiger partial charge is 0.456 e. The zero-order valence-electron chi connectivity index (χ0n) is 17.4. The van der Waals surface area contributed by atoms with Crippen molar-refractivity contribution in [1.82, 2.24) is 15.3 Å². The normalized spacial score (nSPS) is 21.2. The average Bonchev–Trinajstić information content (AvgIpc) is 3.11. The van der Waals surface area contributed by atoms with Gasteiger partial charge in [0.15, 0.2) is 6.61 Å². The molecule has 0 aliphatic heterocycles. The van der Waals surface area contributed by atoms with E-state index in [-0.39, 0.29) is 37.0 Å². The van der Waals surface area contributed by atoms with Crippen LogP contribution in [-0.4, -0.2) is 34.5 Å². The number of aryl methyl sites for hydroxylation is 3. The van der Waals surface area contributed by atoms with Crippen LogP contribution in [-0.2, 0) is 33.6 Å². The summed E-state index contributed by atoms with van der Waals surface area (Å²) in [6.45, 7) is 1.88. The molecular weight excluding hydrogens is 402 g/mol. The number of esters is 1. The summed E-state index contributed by atoms with van der Waals surface area (Å²) in [4.78, 5) is 46.1. The highest BCUT2D eigenvalue weighted by Crippen LogP contribution is 2.33. The predicted octanol–water partition coefficient (Wildman–Crippen LogP) is 3.03. The van der Waals surface area contributed by atoms with Crippen molar-refractivity contribution in [3.05, 3.63) is 26.6 Å². The molecule has 1 amide bonds. The Labute approximate surface area is 179 Å². The molecule has 4 rings (SSSR count). The van der Waals surface area contributed by atoms with Gasteiger partial charge >= 0.3 is 5.97 Å². The number of hydrogen-bond donors (Lipinski definition) is 2. The number of aromatic nitrogens is 2. The lowest BCUT2D eigenvalue weighted by molar-refractivity contribution is -0.148. The van der Waals surface area contributed by atoms with Crippen LogP contribution < -0.4 is 10.9 Å². The van der Waals surface area contributed by atoms with Gasteiger partial charge in [-0.05, 0) is 50.0 Å². The van der Waals surface area contributed by atoms with Gasteiger partial charge in [0.05, 0.1) is 11.8 Å². The zero-order valence-corrected chi connectivity index (χ0v) is 18.2. The highest BCUT2D eigenvalue weighted by molar-refractivity contribution is 7.18. The lowest BCUT2D eigenvalue weighted by Gasteiger charge is -2.29. The Morgan fingerprint density at radius 3 is 2.83 bits per heavy atom. The van der Waals surface area contributed by atoms with E-state index in [0.29, 0.717) is 11.7 Å². The summed E-state index contributed by atoms with van der Waals surface area (Å²) in [5.74, 6) is 0.233. The maximum absolute atomic E-state index is 12.5. The fraction of sp³-hybridized carbons (Fsp3) is 0.636. The van der Waals surface area contributed by atoms with E-state index in [9.17, 15) is 14.4 Å². The quantitative estimate of drug-likeness (QED) is 0.685. The van der Waals surface area contributed by atoms with Crippen molar-refractivity contribution in [2.75, 3.05) is 6.61 Å². The first-order valence-corrected chi connectivity index (χ1v) is 11.8. The van der Waals surface area contributed by atoms with Gasteiger partial charge in [0, 0.05) is 17.3 Å². The minimum atomic E-state index is -0.463. The number of carbonyl (C=O) groups is 2. The predicted molar refractivity (Wildman–Crippen MR) is 116 cm³/mol. The van der Waals surface area contributed by atoms with Gasteiger partial charge in [-0.25, -0.2) is 4.98 Å². The number of amides is 1. The van der Waals surface area contributed by atoms with Gasteiger partial charge in [0.25, 0.3) is 11.5 Å². The van der Waals surface area contributed by atoms with Crippen LogP contribution in [0.25, 0.3) is 10.2 Å². The van der Waals surface area contributed by atoms with Crippen LogP contribution in [0.1, 0.15) is 68.1 Å². The third-order valence-corrected chi connectivity index (χ3v) is 7.45. The van der Waals surface area contributed by atoms with Gasteiger partial charge in [-0.2, -0.15) is 0 Å². The second-order valence-electron chi connectivity index (χ2n) is 8.50. The molecule has 0 radical (unpaired) electrons. The molecule has 30 heavy (non-hydrogen) atoms. The van der Waals surface area contributed by atoms with Crippen molar-refractivity contribution < 1.29 is 14.3 Å². The van der Waals surface area contributed by atoms with Crippen molar-refractivity contribution in [1.29, 1.82) is 0 Å². The molecule has 8 heteroatoms. The molecule has 1 fully saturated rings. The number of rotatable bonds is 6. The lowest BCUT2D eigenvalue weighted by atomic mass is 9.86. The third kappa shape index (κ3) is 4.74. The van der Waals surface area contributed by atoms with Gasteiger partial charge in [0.1, 0.15) is 10.7 Å². The molecular formula is C22H29N3O4S. The van der Waals surface area contributed by atoms with Crippen LogP contribution in [0.5, 0.6) is 0 Å². The molecule has 1 saturated carbocycles. The van der Waals surface area contributed by atoms with E-state index in [2.05, 4.69) is 22.2 Å². The summed E-state index contributed by atoms with van der Waals surface area (Å²) in [7, 11) is 0. The number of hydrogen-bond acceptors (Lipinski definition) is 6. The number of H-pyrrole nitrogens is 1. The van der Waals surface area contributed by atoms with Crippen LogP contribution >= 0.6 is 11.3 Å². The maximum atomic E-state index is 12.5. The first kappa shape index (κ1) is 21.0. The molecule has 2 heterocycles. The second kappa shape index (κ2) is 9.29. The molecule has 2 aliphatic rings. The smallest absolute Gasteiger partial charge is 0.306 e. The minimum Gasteiger partial charge on any atom is -0.456 e. The molecule has 0 bridgehead atoms. The Bertz CT molecular complexity index is 996. The SMILES string of the molecule is C[C@@H]1CCCC[C@@H]1NC(=O)COC(=O)CCc1nc2sc3c(c2c(=O)[nH]1)CCCC3. The topological polar surface area (TPSA) is 101 Å². The van der Waals surface area contributed by atoms with Crippen molar-refractivity contribution in [3.8, 4) is 0 Å². The molecule has 2 aromatic heterocycles. The lowest BCUT2D eigenvalue weighted by Crippen LogP contribution is -2.42. The maximum Gasteiger partial charge on any atom is 0.306 e. The Morgan fingerprint density at radius 2 is 2.00 bits per heavy atom. The summed E-state index contributed by atoms with van der Waals surface area (Å²) < 4.78 is 5.12. The van der Waals surface area contributed by atoms with Gasteiger partial charge in [-0.15, -0.1) is 11.3 Å². The molecule has 0 saturated heterocycles. The van der Waals surface area contributed by atoms with Crippen LogP contribution in [0.15, 0.2) is 4.79 Å². The number of fused-ring (bicyclic) bond motifs is 3. The summed E-state index contributed by atoms with van der Waals surface area (Å²) in [5, 5.41) is 3.69. The Hall–Kier alpha value is -2.22. The van der Waals surface area contributed by atoms with Gasteiger partial charge in [-0.1, -0.05) is 19.8 Å². The molecule has 2 aromatic rings. The fourth-order valence-corrected chi connectivity index (χ4v) is 5.83. The van der Waals surface area contributed by atoms with E-state index in [1.807, 2.05) is 0 Å². The van der Waals surface area contributed by atoms with Crippen LogP contribution in [0.2, 0.25) is 0 Å². The highest BCUT2D eigenvalue weighted by atomic mass is 32.1. The molecule has 0 aromatic carbocycles. The van der Waals surface area contributed by atoms with Gasteiger partial charge in [0.2, 0.25) is 0 Å². The van der Waals surface area contributed by atoms with Gasteiger partial charge < -0.3 is 15.0 Å². The van der Waals surface area contributed by atoms with Gasteiger partial charge in [-0.3, -0.25) is 14.4 Å². The highest BCUT2D eigenvalue weighted by Gasteiger charge is 2.23. The van der Waals surface area contributed by atoms with E-state index in [1.54, 1.807) is 11.3 Å². The first-order valence-electron chi connectivity index (χ1n) is 11.0. The van der Waals surface area contributed by atoms with E-state index in [1.165, 1.54) is 11.3 Å². The standard InChI is InChI=1S/C22H29N3O4S/c1-13-6-2-4-8-15(13)23-18(26)12-29-19(27)11-10-17-24-21(28)20-14-7-3-5-9-16(14)30-22(20)25-17/h13,15H,2-12H2,1H3,(H,23,26)(H,24,25,28)/t13-,15+/m1/s1. The molecule has 0 unspecified atom stereocenters. The molecule has 0 spiro atoms. The van der Waals surface area contributed by atoms with Crippen LogP contribution in [0.4, 0.5) is 0 Å². The van der Waals surface area contributed by atoms with Crippen molar-refractivity contribution in [2.45, 2.75) is 77.2 Å².